The molecule has 3 rings (SSSR count). The van der Waals surface area contributed by atoms with Crippen molar-refractivity contribution in [3.05, 3.63) is 46.8 Å². The Bertz CT molecular complexity index is 734. The molecule has 6 heteroatoms. The van der Waals surface area contributed by atoms with Crippen LogP contribution in [0.4, 0.5) is 0 Å². The van der Waals surface area contributed by atoms with Crippen LogP contribution in [0.2, 0.25) is 0 Å². The van der Waals surface area contributed by atoms with Gasteiger partial charge in [-0.3, -0.25) is 4.79 Å². The summed E-state index contributed by atoms with van der Waals surface area (Å²) >= 11 is 0. The Morgan fingerprint density at radius 3 is 2.65 bits per heavy atom. The lowest BCUT2D eigenvalue weighted by atomic mass is 10.1. The van der Waals surface area contributed by atoms with Gasteiger partial charge in [0.25, 0.3) is 0 Å². The van der Waals surface area contributed by atoms with E-state index in [4.69, 9.17) is 9.26 Å². The van der Waals surface area contributed by atoms with Crippen molar-refractivity contribution in [2.24, 2.45) is 5.92 Å². The molecule has 3 atom stereocenters. The van der Waals surface area contributed by atoms with Crippen molar-refractivity contribution >= 4 is 5.91 Å². The lowest BCUT2D eigenvalue weighted by Gasteiger charge is -2.21. The van der Waals surface area contributed by atoms with Crippen molar-refractivity contribution in [2.75, 3.05) is 6.54 Å². The van der Waals surface area contributed by atoms with Gasteiger partial charge in [0, 0.05) is 18.0 Å². The molecule has 26 heavy (non-hydrogen) atoms. The molecule has 1 aromatic heterocycles. The van der Waals surface area contributed by atoms with Gasteiger partial charge < -0.3 is 19.7 Å². The number of hydrogen-bond donors (Lipinski definition) is 2. The van der Waals surface area contributed by atoms with Gasteiger partial charge in [-0.1, -0.05) is 22.9 Å². The number of aliphatic hydroxyl groups is 1. The highest BCUT2D eigenvalue weighted by Gasteiger charge is 2.36. The fourth-order valence-corrected chi connectivity index (χ4v) is 3.39. The van der Waals surface area contributed by atoms with E-state index in [1.165, 1.54) is 5.56 Å². The smallest absolute Gasteiger partial charge is 0.224 e. The number of hydrogen-bond acceptors (Lipinski definition) is 5. The molecule has 1 fully saturated rings. The Labute approximate surface area is 153 Å². The lowest BCUT2D eigenvalue weighted by molar-refractivity contribution is -0.120. The number of carbonyl (C=O) groups is 1. The van der Waals surface area contributed by atoms with E-state index in [0.29, 0.717) is 12.3 Å². The number of rotatable bonds is 6. The third-order valence-electron chi connectivity index (χ3n) is 5.07. The van der Waals surface area contributed by atoms with Crippen molar-refractivity contribution in [1.29, 1.82) is 0 Å². The minimum Gasteiger partial charge on any atom is -0.488 e. The first-order valence-corrected chi connectivity index (χ1v) is 9.04. The largest absolute Gasteiger partial charge is 0.488 e. The molecule has 1 aliphatic carbocycles. The monoisotopic (exact) mass is 358 g/mol. The van der Waals surface area contributed by atoms with E-state index in [1.807, 2.05) is 38.1 Å². The van der Waals surface area contributed by atoms with Crippen LogP contribution in [-0.2, 0) is 11.2 Å². The summed E-state index contributed by atoms with van der Waals surface area (Å²) in [7, 11) is 0. The number of aryl methyl sites for hydroxylation is 3. The number of aromatic nitrogens is 1. The second kappa shape index (κ2) is 7.91. The van der Waals surface area contributed by atoms with Crippen LogP contribution in [0.3, 0.4) is 0 Å². The van der Waals surface area contributed by atoms with Crippen LogP contribution in [0, 0.1) is 26.7 Å². The standard InChI is InChI=1S/C20H26N2O4/c1-12-4-7-16(8-5-12)25-18-9-6-15(20(18)24)11-21-19(23)10-17-13(2)22-26-14(17)3/h4-5,7-8,15,18,20,24H,6,9-11H2,1-3H3,(H,21,23)/t15-,18-,20-/m1/s1. The first-order chi connectivity index (χ1) is 12.4. The highest BCUT2D eigenvalue weighted by molar-refractivity contribution is 5.79. The van der Waals surface area contributed by atoms with Gasteiger partial charge in [0.2, 0.25) is 5.91 Å². The fourth-order valence-electron chi connectivity index (χ4n) is 3.39. The average Bonchev–Trinajstić information content (AvgIpc) is 3.12. The highest BCUT2D eigenvalue weighted by atomic mass is 16.5. The molecule has 0 unspecified atom stereocenters. The molecule has 0 spiro atoms. The molecule has 1 amide bonds. The maximum Gasteiger partial charge on any atom is 0.224 e. The van der Waals surface area contributed by atoms with Crippen molar-refractivity contribution in [2.45, 2.75) is 52.2 Å². The number of carbonyl (C=O) groups excluding carboxylic acids is 1. The molecule has 2 aromatic rings. The molecule has 1 saturated carbocycles. The van der Waals surface area contributed by atoms with Crippen LogP contribution >= 0.6 is 0 Å². The van der Waals surface area contributed by atoms with E-state index in [2.05, 4.69) is 10.5 Å². The molecular weight excluding hydrogens is 332 g/mol. The van der Waals surface area contributed by atoms with Crippen molar-refractivity contribution in [3.63, 3.8) is 0 Å². The molecule has 0 bridgehead atoms. The van der Waals surface area contributed by atoms with E-state index in [1.54, 1.807) is 6.92 Å². The molecule has 0 aliphatic heterocycles. The third kappa shape index (κ3) is 4.25. The minimum absolute atomic E-state index is 0.000864. The van der Waals surface area contributed by atoms with Gasteiger partial charge in [-0.05, 0) is 45.7 Å². The Balaban J connectivity index is 1.48. The number of ether oxygens (including phenoxy) is 1. The normalized spacial score (nSPS) is 22.4. The second-order valence-corrected chi connectivity index (χ2v) is 7.08. The fraction of sp³-hybridized carbons (Fsp3) is 0.500. The summed E-state index contributed by atoms with van der Waals surface area (Å²) < 4.78 is 11.0. The summed E-state index contributed by atoms with van der Waals surface area (Å²) in [6, 6.07) is 7.81. The molecule has 140 valence electrons. The summed E-state index contributed by atoms with van der Waals surface area (Å²) in [6.45, 7) is 6.09. The predicted molar refractivity (Wildman–Crippen MR) is 97.0 cm³/mol. The van der Waals surface area contributed by atoms with Crippen molar-refractivity contribution in [3.8, 4) is 5.75 Å². The van der Waals surface area contributed by atoms with Gasteiger partial charge in [-0.25, -0.2) is 0 Å². The highest BCUT2D eigenvalue weighted by Crippen LogP contribution is 2.29. The molecule has 2 N–H and O–H groups in total. The zero-order chi connectivity index (χ0) is 18.7. The third-order valence-corrected chi connectivity index (χ3v) is 5.07. The van der Waals surface area contributed by atoms with E-state index in [9.17, 15) is 9.90 Å². The van der Waals surface area contributed by atoms with E-state index >= 15 is 0 Å². The molecular formula is C20H26N2O4. The molecule has 6 nitrogen and oxygen atoms in total. The SMILES string of the molecule is Cc1ccc(O[C@@H]2CC[C@H](CNC(=O)Cc3c(C)noc3C)[C@H]2O)cc1. The zero-order valence-corrected chi connectivity index (χ0v) is 15.5. The summed E-state index contributed by atoms with van der Waals surface area (Å²) in [4.78, 5) is 12.2. The number of nitrogens with one attached hydrogen (secondary N) is 1. The lowest BCUT2D eigenvalue weighted by Crippen LogP contribution is -2.37. The quantitative estimate of drug-likeness (QED) is 0.829. The van der Waals surface area contributed by atoms with Crippen LogP contribution in [0.1, 0.15) is 35.4 Å². The van der Waals surface area contributed by atoms with Crippen LogP contribution in [0.15, 0.2) is 28.8 Å². The first-order valence-electron chi connectivity index (χ1n) is 9.04. The van der Waals surface area contributed by atoms with Crippen LogP contribution in [0.25, 0.3) is 0 Å². The predicted octanol–water partition coefficient (Wildman–Crippen LogP) is 2.48. The van der Waals surface area contributed by atoms with Crippen LogP contribution in [-0.4, -0.2) is 34.9 Å². The van der Waals surface area contributed by atoms with Gasteiger partial charge in [0.15, 0.2) is 0 Å². The van der Waals surface area contributed by atoms with Gasteiger partial charge in [-0.15, -0.1) is 0 Å². The summed E-state index contributed by atoms with van der Waals surface area (Å²) in [5, 5.41) is 17.3. The first kappa shape index (κ1) is 18.5. The molecule has 0 saturated heterocycles. The Hall–Kier alpha value is -2.34. The Kier molecular flexibility index (Phi) is 5.61. The zero-order valence-electron chi connectivity index (χ0n) is 15.5. The maximum atomic E-state index is 12.2. The van der Waals surface area contributed by atoms with Crippen LogP contribution < -0.4 is 10.1 Å². The summed E-state index contributed by atoms with van der Waals surface area (Å²) in [5.74, 6) is 1.35. The average molecular weight is 358 g/mol. The molecule has 1 aromatic carbocycles. The van der Waals surface area contributed by atoms with E-state index in [-0.39, 0.29) is 24.3 Å². The second-order valence-electron chi connectivity index (χ2n) is 7.08. The number of aliphatic hydroxyl groups excluding tert-OH is 1. The Morgan fingerprint density at radius 2 is 2.00 bits per heavy atom. The number of amides is 1. The molecule has 0 radical (unpaired) electrons. The molecule has 1 aliphatic rings. The topological polar surface area (TPSA) is 84.6 Å². The summed E-state index contributed by atoms with van der Waals surface area (Å²) in [6.07, 6.45) is 1.02. The van der Waals surface area contributed by atoms with E-state index < -0.39 is 6.10 Å². The van der Waals surface area contributed by atoms with E-state index in [0.717, 1.165) is 29.8 Å². The van der Waals surface area contributed by atoms with Gasteiger partial charge in [0.1, 0.15) is 17.6 Å². The number of nitrogens with zero attached hydrogens (tertiary/aromatic N) is 1. The number of benzene rings is 1. The summed E-state index contributed by atoms with van der Waals surface area (Å²) in [5.41, 5.74) is 2.74. The van der Waals surface area contributed by atoms with Crippen LogP contribution in [0.5, 0.6) is 5.75 Å². The van der Waals surface area contributed by atoms with Crippen molar-refractivity contribution in [1.82, 2.24) is 10.5 Å². The van der Waals surface area contributed by atoms with Gasteiger partial charge in [0.05, 0.1) is 18.2 Å². The maximum absolute atomic E-state index is 12.2. The van der Waals surface area contributed by atoms with Crippen molar-refractivity contribution < 1.29 is 19.2 Å². The van der Waals surface area contributed by atoms with Gasteiger partial charge in [-0.2, -0.15) is 0 Å². The van der Waals surface area contributed by atoms with Gasteiger partial charge >= 0.3 is 0 Å². The minimum atomic E-state index is -0.587. The Morgan fingerprint density at radius 1 is 1.27 bits per heavy atom. The molecule has 1 heterocycles.